The fraction of sp³-hybridized carbons (Fsp3) is 0.235. The van der Waals surface area contributed by atoms with Crippen molar-refractivity contribution in [3.05, 3.63) is 57.6 Å². The van der Waals surface area contributed by atoms with Crippen LogP contribution in [0.5, 0.6) is 0 Å². The maximum Gasteiger partial charge on any atom is 0.435 e. The molecule has 3 nitrogen and oxygen atoms in total. The third-order valence-corrected chi connectivity index (χ3v) is 4.48. The van der Waals surface area contributed by atoms with Gasteiger partial charge < -0.3 is 11.1 Å². The van der Waals surface area contributed by atoms with E-state index in [2.05, 4.69) is 21.2 Å². The van der Waals surface area contributed by atoms with Crippen molar-refractivity contribution >= 4 is 33.2 Å². The number of rotatable bonds is 3. The highest BCUT2D eigenvalue weighted by Crippen LogP contribution is 2.54. The number of aryl methyl sites for hydroxylation is 1. The lowest BCUT2D eigenvalue weighted by Gasteiger charge is -2.31. The third-order valence-electron chi connectivity index (χ3n) is 3.85. The number of anilines is 2. The van der Waals surface area contributed by atoms with Crippen LogP contribution < -0.4 is 11.1 Å². The lowest BCUT2D eigenvalue weighted by molar-refractivity contribution is -0.348. The van der Waals surface area contributed by atoms with Crippen molar-refractivity contribution in [3.63, 3.8) is 0 Å². The largest absolute Gasteiger partial charge is 0.435 e. The minimum atomic E-state index is -6.23. The Morgan fingerprint density at radius 1 is 1.00 bits per heavy atom. The lowest BCUT2D eigenvalue weighted by Crippen LogP contribution is -2.50. The molecule has 0 fully saturated rings. The molecule has 1 amide bonds. The normalized spacial score (nSPS) is 12.8. The quantitative estimate of drug-likeness (QED) is 0.432. The summed E-state index contributed by atoms with van der Waals surface area (Å²) < 4.78 is 91.4. The smallest absolute Gasteiger partial charge is 0.399 e. The summed E-state index contributed by atoms with van der Waals surface area (Å²) in [6.45, 7) is 1.14. The second-order valence-electron chi connectivity index (χ2n) is 5.88. The van der Waals surface area contributed by atoms with Crippen molar-refractivity contribution in [2.75, 3.05) is 11.1 Å². The molecule has 0 heterocycles. The highest BCUT2D eigenvalue weighted by atomic mass is 79.9. The van der Waals surface area contributed by atoms with Crippen LogP contribution in [0.3, 0.4) is 0 Å². The van der Waals surface area contributed by atoms with Crippen LogP contribution in [0.1, 0.15) is 21.5 Å². The molecule has 0 radical (unpaired) electrons. The molecule has 2 aromatic rings. The van der Waals surface area contributed by atoms with Gasteiger partial charge in [-0.3, -0.25) is 4.79 Å². The SMILES string of the molecule is Cc1cc(C(F)(C(F)(F)F)C(F)(F)F)cc(Br)c1NC(=O)c1cccc(N)c1. The molecule has 0 aliphatic rings. The number of benzene rings is 2. The van der Waals surface area contributed by atoms with Crippen molar-refractivity contribution in [2.24, 2.45) is 0 Å². The third kappa shape index (κ3) is 3.94. The highest BCUT2D eigenvalue weighted by Gasteiger charge is 2.73. The van der Waals surface area contributed by atoms with Crippen molar-refractivity contribution in [2.45, 2.75) is 24.9 Å². The van der Waals surface area contributed by atoms with Crippen molar-refractivity contribution in [3.8, 4) is 0 Å². The Kier molecular flexibility index (Phi) is 5.71. The van der Waals surface area contributed by atoms with Gasteiger partial charge in [0.1, 0.15) is 0 Å². The number of carbonyl (C=O) groups is 1. The summed E-state index contributed by atoms with van der Waals surface area (Å²) in [5, 5.41) is 2.35. The van der Waals surface area contributed by atoms with Gasteiger partial charge in [0, 0.05) is 21.3 Å². The number of carbonyl (C=O) groups excluding carboxylic acids is 1. The minimum Gasteiger partial charge on any atom is -0.399 e. The van der Waals surface area contributed by atoms with Crippen LogP contribution in [-0.4, -0.2) is 18.3 Å². The second-order valence-corrected chi connectivity index (χ2v) is 6.74. The number of hydrogen-bond donors (Lipinski definition) is 2. The predicted octanol–water partition coefficient (Wildman–Crippen LogP) is 5.88. The molecule has 0 aromatic heterocycles. The summed E-state index contributed by atoms with van der Waals surface area (Å²) >= 11 is 2.80. The number of hydrogen-bond acceptors (Lipinski definition) is 2. The van der Waals surface area contributed by atoms with Gasteiger partial charge in [0.05, 0.1) is 5.69 Å². The van der Waals surface area contributed by atoms with E-state index in [9.17, 15) is 35.5 Å². The molecule has 0 aliphatic carbocycles. The monoisotopic (exact) mass is 472 g/mol. The lowest BCUT2D eigenvalue weighted by atomic mass is 9.92. The molecule has 0 unspecified atom stereocenters. The zero-order valence-electron chi connectivity index (χ0n) is 14.0. The average Bonchev–Trinajstić information content (AvgIpc) is 2.54. The summed E-state index contributed by atoms with van der Waals surface area (Å²) in [4.78, 5) is 12.2. The van der Waals surface area contributed by atoms with E-state index in [1.165, 1.54) is 24.3 Å². The number of nitrogens with two attached hydrogens (primary N) is 1. The molecule has 152 valence electrons. The van der Waals surface area contributed by atoms with E-state index >= 15 is 0 Å². The van der Waals surface area contributed by atoms with Crippen LogP contribution in [-0.2, 0) is 5.67 Å². The van der Waals surface area contributed by atoms with E-state index in [4.69, 9.17) is 5.73 Å². The first-order valence-corrected chi connectivity index (χ1v) is 8.27. The van der Waals surface area contributed by atoms with Crippen molar-refractivity contribution < 1.29 is 35.5 Å². The molecule has 3 N–H and O–H groups in total. The topological polar surface area (TPSA) is 55.1 Å². The van der Waals surface area contributed by atoms with Gasteiger partial charge in [0.15, 0.2) is 0 Å². The summed E-state index contributed by atoms with van der Waals surface area (Å²) in [6, 6.07) is 6.46. The van der Waals surface area contributed by atoms with Crippen LogP contribution in [0.2, 0.25) is 0 Å². The van der Waals surface area contributed by atoms with Crippen molar-refractivity contribution in [1.82, 2.24) is 0 Å². The zero-order chi connectivity index (χ0) is 21.5. The Bertz CT molecular complexity index is 872. The second kappa shape index (κ2) is 7.26. The Balaban J connectivity index is 2.49. The maximum atomic E-state index is 14.2. The van der Waals surface area contributed by atoms with E-state index in [-0.39, 0.29) is 27.0 Å². The van der Waals surface area contributed by atoms with Gasteiger partial charge in [0.2, 0.25) is 0 Å². The Morgan fingerprint density at radius 2 is 1.57 bits per heavy atom. The van der Waals surface area contributed by atoms with Crippen LogP contribution in [0.4, 0.5) is 42.1 Å². The molecule has 0 spiro atoms. The van der Waals surface area contributed by atoms with Gasteiger partial charge in [-0.05, 0) is 52.7 Å². The van der Waals surface area contributed by atoms with E-state index in [0.29, 0.717) is 12.1 Å². The van der Waals surface area contributed by atoms with Crippen LogP contribution >= 0.6 is 15.9 Å². The van der Waals surface area contributed by atoms with E-state index in [0.717, 1.165) is 6.92 Å². The first kappa shape index (κ1) is 22.0. The summed E-state index contributed by atoms with van der Waals surface area (Å²) in [5.41, 5.74) is -1.60. The molecular weight excluding hydrogens is 461 g/mol. The van der Waals surface area contributed by atoms with E-state index in [1.54, 1.807) is 0 Å². The fourth-order valence-corrected chi connectivity index (χ4v) is 3.11. The molecular formula is C17H12BrF7N2O. The minimum absolute atomic E-state index is 0.108. The summed E-state index contributed by atoms with van der Waals surface area (Å²) in [6.07, 6.45) is -12.5. The molecule has 0 aliphatic heterocycles. The molecule has 0 saturated heterocycles. The van der Waals surface area contributed by atoms with Gasteiger partial charge in [-0.2, -0.15) is 26.3 Å². The molecule has 0 saturated carbocycles. The number of nitrogen functional groups attached to an aromatic ring is 1. The Hall–Kier alpha value is -2.30. The fourth-order valence-electron chi connectivity index (χ4n) is 2.45. The summed E-state index contributed by atoms with van der Waals surface area (Å²) in [5.74, 6) is -0.706. The van der Waals surface area contributed by atoms with Gasteiger partial charge in [-0.15, -0.1) is 0 Å². The standard InChI is InChI=1S/C17H12BrF7N2O/c1-8-5-10(15(19,16(20,21)22)17(23,24)25)7-12(18)13(8)27-14(28)9-3-2-4-11(26)6-9/h2-7H,26H2,1H3,(H,27,28). The van der Waals surface area contributed by atoms with E-state index in [1.807, 2.05) is 0 Å². The molecule has 2 aromatic carbocycles. The Morgan fingerprint density at radius 3 is 2.04 bits per heavy atom. The number of alkyl halides is 7. The average molecular weight is 473 g/mol. The van der Waals surface area contributed by atoms with Crippen molar-refractivity contribution in [1.29, 1.82) is 0 Å². The molecule has 11 heteroatoms. The van der Waals surface area contributed by atoms with Crippen LogP contribution in [0, 0.1) is 6.92 Å². The van der Waals surface area contributed by atoms with Gasteiger partial charge in [-0.1, -0.05) is 12.1 Å². The highest BCUT2D eigenvalue weighted by molar-refractivity contribution is 9.10. The molecule has 0 atom stereocenters. The predicted molar refractivity (Wildman–Crippen MR) is 92.6 cm³/mol. The first-order valence-electron chi connectivity index (χ1n) is 7.48. The van der Waals surface area contributed by atoms with E-state index < -0.39 is 29.5 Å². The summed E-state index contributed by atoms with van der Waals surface area (Å²) in [7, 11) is 0. The first-order chi connectivity index (χ1) is 12.7. The number of nitrogens with one attached hydrogen (secondary N) is 1. The van der Waals surface area contributed by atoms with Gasteiger partial charge in [-0.25, -0.2) is 4.39 Å². The Labute approximate surface area is 162 Å². The van der Waals surface area contributed by atoms with Crippen LogP contribution in [0.25, 0.3) is 0 Å². The van der Waals surface area contributed by atoms with Crippen LogP contribution in [0.15, 0.2) is 40.9 Å². The molecule has 0 bridgehead atoms. The van der Waals surface area contributed by atoms with Gasteiger partial charge >= 0.3 is 18.0 Å². The molecule has 2 rings (SSSR count). The zero-order valence-corrected chi connectivity index (χ0v) is 15.6. The molecule has 28 heavy (non-hydrogen) atoms. The maximum absolute atomic E-state index is 14.2. The number of amides is 1. The number of halogens is 8. The van der Waals surface area contributed by atoms with Gasteiger partial charge in [0.25, 0.3) is 5.91 Å².